The Hall–Kier alpha value is -2.88. The molecule has 7 nitrogen and oxygen atoms in total. The van der Waals surface area contributed by atoms with E-state index in [-0.39, 0.29) is 17.3 Å². The van der Waals surface area contributed by atoms with E-state index in [0.29, 0.717) is 34.7 Å². The van der Waals surface area contributed by atoms with Gasteiger partial charge in [-0.05, 0) is 43.9 Å². The van der Waals surface area contributed by atoms with E-state index in [9.17, 15) is 13.2 Å². The molecule has 10 heteroatoms. The van der Waals surface area contributed by atoms with Crippen LogP contribution in [0.2, 0.25) is 0 Å². The summed E-state index contributed by atoms with van der Waals surface area (Å²) < 4.78 is 46.4. The van der Waals surface area contributed by atoms with E-state index in [1.54, 1.807) is 13.2 Å². The van der Waals surface area contributed by atoms with Crippen molar-refractivity contribution in [3.8, 4) is 11.3 Å². The highest BCUT2D eigenvalue weighted by molar-refractivity contribution is 5.90. The van der Waals surface area contributed by atoms with Crippen molar-refractivity contribution in [3.05, 3.63) is 29.6 Å². The van der Waals surface area contributed by atoms with Gasteiger partial charge in [-0.1, -0.05) is 12.8 Å². The predicted molar refractivity (Wildman–Crippen MR) is 125 cm³/mol. The Morgan fingerprint density at radius 2 is 1.88 bits per heavy atom. The summed E-state index contributed by atoms with van der Waals surface area (Å²) in [5.41, 5.74) is 8.18. The number of imidazole rings is 1. The van der Waals surface area contributed by atoms with E-state index in [2.05, 4.69) is 24.8 Å². The molecule has 3 N–H and O–H groups in total. The molecule has 3 heterocycles. The average Bonchev–Trinajstić information content (AvgIpc) is 3.43. The van der Waals surface area contributed by atoms with E-state index in [1.807, 2.05) is 13.1 Å². The van der Waals surface area contributed by atoms with Crippen LogP contribution in [0.25, 0.3) is 22.4 Å². The first kappa shape index (κ1) is 22.9. The molecule has 0 aromatic carbocycles. The number of rotatable bonds is 7. The van der Waals surface area contributed by atoms with Crippen LogP contribution in [-0.2, 0) is 10.9 Å². The number of halogens is 3. The SMILES string of the molecule is COCC1(CN(C)c2cc(-c3cc(C4CC4)nc(C(F)(F)F)c3)nc3nc(N)[nH]c23)CCCC1. The minimum atomic E-state index is -4.53. The molecule has 34 heavy (non-hydrogen) atoms. The number of nitrogen functional groups attached to an aromatic ring is 1. The van der Waals surface area contributed by atoms with Crippen molar-refractivity contribution in [2.45, 2.75) is 50.6 Å². The number of nitrogens with one attached hydrogen (secondary N) is 1. The van der Waals surface area contributed by atoms with Crippen molar-refractivity contribution in [3.63, 3.8) is 0 Å². The smallest absolute Gasteiger partial charge is 0.384 e. The Morgan fingerprint density at radius 3 is 2.53 bits per heavy atom. The van der Waals surface area contributed by atoms with Crippen molar-refractivity contribution in [2.75, 3.05) is 37.9 Å². The molecule has 3 aromatic heterocycles. The lowest BCUT2D eigenvalue weighted by Crippen LogP contribution is -2.37. The van der Waals surface area contributed by atoms with Gasteiger partial charge in [0, 0.05) is 43.3 Å². The van der Waals surface area contributed by atoms with Crippen LogP contribution in [0.3, 0.4) is 0 Å². The number of anilines is 2. The van der Waals surface area contributed by atoms with Crippen molar-refractivity contribution in [2.24, 2.45) is 5.41 Å². The summed E-state index contributed by atoms with van der Waals surface area (Å²) in [4.78, 5) is 17.9. The fourth-order valence-electron chi connectivity index (χ4n) is 5.24. The molecule has 2 fully saturated rings. The van der Waals surface area contributed by atoms with Gasteiger partial charge in [-0.2, -0.15) is 18.2 Å². The molecule has 0 radical (unpaired) electrons. The quantitative estimate of drug-likeness (QED) is 0.493. The molecule has 0 spiro atoms. The van der Waals surface area contributed by atoms with Crippen LogP contribution < -0.4 is 10.6 Å². The summed E-state index contributed by atoms with van der Waals surface area (Å²) in [5.74, 6) is 0.287. The van der Waals surface area contributed by atoms with Gasteiger partial charge in [0.05, 0.1) is 18.0 Å². The first-order chi connectivity index (χ1) is 16.2. The third-order valence-electron chi connectivity index (χ3n) is 6.98. The number of fused-ring (bicyclic) bond motifs is 1. The zero-order valence-electron chi connectivity index (χ0n) is 19.4. The molecule has 182 valence electrons. The summed E-state index contributed by atoms with van der Waals surface area (Å²) in [6.45, 7) is 1.41. The Balaban J connectivity index is 1.59. The Morgan fingerprint density at radius 1 is 1.15 bits per heavy atom. The zero-order valence-corrected chi connectivity index (χ0v) is 19.4. The lowest BCUT2D eigenvalue weighted by atomic mass is 9.86. The molecule has 2 aliphatic rings. The van der Waals surface area contributed by atoms with Gasteiger partial charge in [0.15, 0.2) is 11.6 Å². The second kappa shape index (κ2) is 8.41. The molecule has 0 atom stereocenters. The molecule has 0 unspecified atom stereocenters. The number of nitrogens with zero attached hydrogens (tertiary/aromatic N) is 4. The maximum Gasteiger partial charge on any atom is 0.433 e. The topological polar surface area (TPSA) is 92.9 Å². The molecular weight excluding hydrogens is 445 g/mol. The molecule has 0 aliphatic heterocycles. The molecule has 0 saturated heterocycles. The first-order valence-corrected chi connectivity index (χ1v) is 11.6. The van der Waals surface area contributed by atoms with Crippen LogP contribution in [0.15, 0.2) is 18.2 Å². The van der Waals surface area contributed by atoms with Crippen LogP contribution in [0.1, 0.15) is 55.8 Å². The van der Waals surface area contributed by atoms with Crippen LogP contribution in [0.5, 0.6) is 0 Å². The second-order valence-corrected chi connectivity index (χ2v) is 9.78. The number of ether oxygens (including phenoxy) is 1. The molecule has 2 aliphatic carbocycles. The third kappa shape index (κ3) is 4.43. The highest BCUT2D eigenvalue weighted by Crippen LogP contribution is 2.43. The zero-order chi connectivity index (χ0) is 24.1. The monoisotopic (exact) mass is 474 g/mol. The second-order valence-electron chi connectivity index (χ2n) is 9.78. The third-order valence-corrected chi connectivity index (χ3v) is 6.98. The summed E-state index contributed by atoms with van der Waals surface area (Å²) in [6, 6.07) is 4.62. The number of pyridine rings is 2. The van der Waals surface area contributed by atoms with E-state index in [0.717, 1.165) is 56.8 Å². The molecule has 0 bridgehead atoms. The van der Waals surface area contributed by atoms with Crippen molar-refractivity contribution < 1.29 is 17.9 Å². The van der Waals surface area contributed by atoms with Crippen molar-refractivity contribution >= 4 is 22.8 Å². The molecule has 2 saturated carbocycles. The largest absolute Gasteiger partial charge is 0.433 e. The normalized spacial score (nSPS) is 18.0. The van der Waals surface area contributed by atoms with E-state index < -0.39 is 11.9 Å². The van der Waals surface area contributed by atoms with Gasteiger partial charge in [0.2, 0.25) is 0 Å². The van der Waals surface area contributed by atoms with Gasteiger partial charge < -0.3 is 20.4 Å². The van der Waals surface area contributed by atoms with E-state index in [4.69, 9.17) is 10.5 Å². The molecular formula is C24H29F3N6O. The lowest BCUT2D eigenvalue weighted by Gasteiger charge is -2.34. The van der Waals surface area contributed by atoms with E-state index in [1.165, 1.54) is 0 Å². The lowest BCUT2D eigenvalue weighted by molar-refractivity contribution is -0.141. The maximum atomic E-state index is 13.6. The number of nitrogens with two attached hydrogens (primary N) is 1. The Kier molecular flexibility index (Phi) is 5.66. The summed E-state index contributed by atoms with van der Waals surface area (Å²) in [6.07, 6.45) is 1.63. The highest BCUT2D eigenvalue weighted by Gasteiger charge is 2.37. The van der Waals surface area contributed by atoms with Crippen molar-refractivity contribution in [1.82, 2.24) is 19.9 Å². The van der Waals surface area contributed by atoms with Gasteiger partial charge in [-0.25, -0.2) is 9.97 Å². The first-order valence-electron chi connectivity index (χ1n) is 11.6. The summed E-state index contributed by atoms with van der Waals surface area (Å²) in [5, 5.41) is 0. The molecule has 3 aromatic rings. The van der Waals surface area contributed by atoms with Gasteiger partial charge in [0.25, 0.3) is 0 Å². The van der Waals surface area contributed by atoms with Crippen LogP contribution in [0.4, 0.5) is 24.8 Å². The summed E-state index contributed by atoms with van der Waals surface area (Å²) >= 11 is 0. The van der Waals surface area contributed by atoms with Crippen molar-refractivity contribution in [1.29, 1.82) is 0 Å². The van der Waals surface area contributed by atoms with Crippen LogP contribution in [0, 0.1) is 5.41 Å². The fourth-order valence-corrected chi connectivity index (χ4v) is 5.24. The highest BCUT2D eigenvalue weighted by atomic mass is 19.4. The maximum absolute atomic E-state index is 13.6. The summed E-state index contributed by atoms with van der Waals surface area (Å²) in [7, 11) is 3.70. The Bertz CT molecular complexity index is 1200. The number of aromatic nitrogens is 4. The minimum Gasteiger partial charge on any atom is -0.384 e. The van der Waals surface area contributed by atoms with Gasteiger partial charge in [0.1, 0.15) is 11.2 Å². The number of alkyl halides is 3. The number of hydrogen-bond acceptors (Lipinski definition) is 6. The Labute approximate surface area is 195 Å². The molecule has 0 amide bonds. The standard InChI is InChI=1S/C24H29F3N6O/c1-33(12-23(13-34-2)7-3-4-8-23)18-11-17(30-21-20(18)31-22(28)32-21)15-9-16(14-5-6-14)29-19(10-15)24(25,26)27/h9-11,14H,3-8,12-13H2,1-2H3,(H3,28,30,31,32). The average molecular weight is 475 g/mol. The van der Waals surface area contributed by atoms with Crippen LogP contribution in [-0.4, -0.2) is 47.2 Å². The van der Waals surface area contributed by atoms with Gasteiger partial charge >= 0.3 is 6.18 Å². The number of methoxy groups -OCH3 is 1. The van der Waals surface area contributed by atoms with Gasteiger partial charge in [-0.15, -0.1) is 0 Å². The predicted octanol–water partition coefficient (Wildman–Crippen LogP) is 5.14. The van der Waals surface area contributed by atoms with E-state index >= 15 is 0 Å². The number of aromatic amines is 1. The number of hydrogen-bond donors (Lipinski definition) is 2. The molecule has 5 rings (SSSR count). The number of H-pyrrole nitrogens is 1. The fraction of sp³-hybridized carbons (Fsp3) is 0.542. The van der Waals surface area contributed by atoms with Gasteiger partial charge in [-0.3, -0.25) is 0 Å². The minimum absolute atomic E-state index is 0.0318. The van der Waals surface area contributed by atoms with Crippen LogP contribution >= 0.6 is 0 Å².